The van der Waals surface area contributed by atoms with Crippen molar-refractivity contribution in [1.29, 1.82) is 0 Å². The molecule has 0 amide bonds. The first-order chi connectivity index (χ1) is 3.45. The van der Waals surface area contributed by atoms with E-state index in [9.17, 15) is 0 Å². The summed E-state index contributed by atoms with van der Waals surface area (Å²) < 4.78 is 5.20. The number of nitrogens with zero attached hydrogens (tertiary/aromatic N) is 1. The number of aliphatic imine (C=N–C) groups is 1. The summed E-state index contributed by atoms with van der Waals surface area (Å²) in [6.07, 6.45) is 3.43. The number of fused-ring (bicyclic) bond motifs is 2. The SMILES string of the molecule is C1=NC2COC1C2. The number of rotatable bonds is 0. The molecule has 0 aromatic rings. The molecule has 0 aromatic heterocycles. The van der Waals surface area contributed by atoms with Crippen LogP contribution >= 0.6 is 0 Å². The fraction of sp³-hybridized carbons (Fsp3) is 0.800. The van der Waals surface area contributed by atoms with Crippen molar-refractivity contribution in [3.8, 4) is 0 Å². The van der Waals surface area contributed by atoms with Crippen LogP contribution in [0.3, 0.4) is 0 Å². The molecule has 0 aliphatic carbocycles. The van der Waals surface area contributed by atoms with Gasteiger partial charge in [-0.05, 0) is 0 Å². The van der Waals surface area contributed by atoms with Crippen LogP contribution in [0.1, 0.15) is 6.42 Å². The molecule has 2 bridgehead atoms. The largest absolute Gasteiger partial charge is 0.370 e. The summed E-state index contributed by atoms with van der Waals surface area (Å²) in [4.78, 5) is 4.15. The second-order valence-corrected chi connectivity index (χ2v) is 2.06. The fourth-order valence-electron chi connectivity index (χ4n) is 1.06. The van der Waals surface area contributed by atoms with Gasteiger partial charge in [0.25, 0.3) is 0 Å². The Morgan fingerprint density at radius 1 is 1.71 bits per heavy atom. The quantitative estimate of drug-likeness (QED) is 0.424. The molecule has 1 fully saturated rings. The fourth-order valence-corrected chi connectivity index (χ4v) is 1.06. The van der Waals surface area contributed by atoms with Crippen LogP contribution in [0.15, 0.2) is 4.99 Å². The lowest BCUT2D eigenvalue weighted by atomic mass is 10.2. The Labute approximate surface area is 42.2 Å². The van der Waals surface area contributed by atoms with Crippen molar-refractivity contribution in [3.63, 3.8) is 0 Å². The van der Waals surface area contributed by atoms with E-state index in [4.69, 9.17) is 4.74 Å². The van der Waals surface area contributed by atoms with Crippen LogP contribution in [0.5, 0.6) is 0 Å². The average molecular weight is 97.1 g/mol. The summed E-state index contributed by atoms with van der Waals surface area (Å²) in [6, 6.07) is 0.519. The molecule has 0 saturated carbocycles. The van der Waals surface area contributed by atoms with Crippen LogP contribution in [-0.4, -0.2) is 25.0 Å². The summed E-state index contributed by atoms with van der Waals surface area (Å²) in [5.74, 6) is 0. The first-order valence-corrected chi connectivity index (χ1v) is 2.60. The monoisotopic (exact) mass is 97.1 g/mol. The van der Waals surface area contributed by atoms with E-state index in [1.54, 1.807) is 0 Å². The Morgan fingerprint density at radius 2 is 2.71 bits per heavy atom. The summed E-state index contributed by atoms with van der Waals surface area (Å²) in [7, 11) is 0. The molecule has 38 valence electrons. The smallest absolute Gasteiger partial charge is 0.0944 e. The lowest BCUT2D eigenvalue weighted by Crippen LogP contribution is -2.06. The highest BCUT2D eigenvalue weighted by Crippen LogP contribution is 2.19. The molecule has 0 aromatic carbocycles. The van der Waals surface area contributed by atoms with Crippen molar-refractivity contribution in [1.82, 2.24) is 0 Å². The zero-order chi connectivity index (χ0) is 4.69. The van der Waals surface area contributed by atoms with Gasteiger partial charge in [-0.25, -0.2) is 0 Å². The highest BCUT2D eigenvalue weighted by molar-refractivity contribution is 5.66. The van der Waals surface area contributed by atoms with Gasteiger partial charge in [0.05, 0.1) is 18.8 Å². The molecule has 2 aliphatic heterocycles. The van der Waals surface area contributed by atoms with Gasteiger partial charge in [-0.1, -0.05) is 0 Å². The lowest BCUT2D eigenvalue weighted by molar-refractivity contribution is 0.153. The highest BCUT2D eigenvalue weighted by atomic mass is 16.5. The van der Waals surface area contributed by atoms with Crippen molar-refractivity contribution in [3.05, 3.63) is 0 Å². The first-order valence-electron chi connectivity index (χ1n) is 2.60. The molecule has 0 spiro atoms. The van der Waals surface area contributed by atoms with Crippen molar-refractivity contribution in [2.24, 2.45) is 4.99 Å². The third-order valence-electron chi connectivity index (χ3n) is 1.47. The Bertz CT molecular complexity index is 98.6. The average Bonchev–Trinajstić information content (AvgIpc) is 2.22. The van der Waals surface area contributed by atoms with Crippen molar-refractivity contribution in [2.75, 3.05) is 6.61 Å². The summed E-state index contributed by atoms with van der Waals surface area (Å²) in [5.41, 5.74) is 0. The van der Waals surface area contributed by atoms with Crippen LogP contribution < -0.4 is 0 Å². The van der Waals surface area contributed by atoms with E-state index in [2.05, 4.69) is 4.99 Å². The van der Waals surface area contributed by atoms with Gasteiger partial charge in [-0.15, -0.1) is 0 Å². The minimum atomic E-state index is 0.380. The Morgan fingerprint density at radius 3 is 2.86 bits per heavy atom. The lowest BCUT2D eigenvalue weighted by Gasteiger charge is -1.99. The summed E-state index contributed by atoms with van der Waals surface area (Å²) in [6.45, 7) is 0.862. The molecule has 0 radical (unpaired) electrons. The number of hydrogen-bond acceptors (Lipinski definition) is 2. The molecular weight excluding hydrogens is 90.1 g/mol. The highest BCUT2D eigenvalue weighted by Gasteiger charge is 2.27. The van der Waals surface area contributed by atoms with Gasteiger partial charge in [-0.3, -0.25) is 4.99 Å². The first kappa shape index (κ1) is 3.61. The third-order valence-corrected chi connectivity index (χ3v) is 1.47. The molecule has 2 aliphatic rings. The van der Waals surface area contributed by atoms with Gasteiger partial charge in [0.2, 0.25) is 0 Å². The zero-order valence-corrected chi connectivity index (χ0v) is 4.00. The van der Waals surface area contributed by atoms with Gasteiger partial charge in [0, 0.05) is 12.6 Å². The molecule has 2 unspecified atom stereocenters. The van der Waals surface area contributed by atoms with Gasteiger partial charge in [0.15, 0.2) is 0 Å². The van der Waals surface area contributed by atoms with Crippen LogP contribution in [0.25, 0.3) is 0 Å². The van der Waals surface area contributed by atoms with Crippen LogP contribution in [0.2, 0.25) is 0 Å². The topological polar surface area (TPSA) is 21.6 Å². The van der Waals surface area contributed by atoms with E-state index in [0.717, 1.165) is 13.0 Å². The molecular formula is C5H7NO. The Hall–Kier alpha value is -0.370. The molecule has 1 saturated heterocycles. The molecule has 7 heavy (non-hydrogen) atoms. The zero-order valence-electron chi connectivity index (χ0n) is 4.00. The van der Waals surface area contributed by atoms with Crippen LogP contribution in [0, 0.1) is 0 Å². The van der Waals surface area contributed by atoms with Gasteiger partial charge in [0.1, 0.15) is 0 Å². The van der Waals surface area contributed by atoms with E-state index in [-0.39, 0.29) is 0 Å². The Kier molecular flexibility index (Phi) is 0.551. The van der Waals surface area contributed by atoms with Crippen LogP contribution in [0.4, 0.5) is 0 Å². The minimum Gasteiger partial charge on any atom is -0.370 e. The number of hydrogen-bond donors (Lipinski definition) is 0. The molecule has 2 rings (SSSR count). The minimum absolute atomic E-state index is 0.380. The Balaban J connectivity index is 2.27. The van der Waals surface area contributed by atoms with Gasteiger partial charge >= 0.3 is 0 Å². The maximum absolute atomic E-state index is 5.20. The second kappa shape index (κ2) is 1.07. The van der Waals surface area contributed by atoms with Crippen molar-refractivity contribution in [2.45, 2.75) is 18.6 Å². The van der Waals surface area contributed by atoms with E-state index in [1.165, 1.54) is 0 Å². The predicted octanol–water partition coefficient (Wildman–Crippen LogP) is 0.228. The second-order valence-electron chi connectivity index (χ2n) is 2.06. The molecule has 0 N–H and O–H groups in total. The molecule has 2 heterocycles. The van der Waals surface area contributed by atoms with Gasteiger partial charge in [-0.2, -0.15) is 0 Å². The predicted molar refractivity (Wildman–Crippen MR) is 26.6 cm³/mol. The maximum Gasteiger partial charge on any atom is 0.0944 e. The van der Waals surface area contributed by atoms with Crippen LogP contribution in [-0.2, 0) is 4.74 Å². The number of ether oxygens (including phenoxy) is 1. The van der Waals surface area contributed by atoms with E-state index in [1.807, 2.05) is 6.21 Å². The van der Waals surface area contributed by atoms with E-state index < -0.39 is 0 Å². The van der Waals surface area contributed by atoms with E-state index in [0.29, 0.717) is 12.1 Å². The normalized spacial score (nSPS) is 45.7. The van der Waals surface area contributed by atoms with Crippen molar-refractivity contribution < 1.29 is 4.74 Å². The maximum atomic E-state index is 5.20. The molecule has 2 nitrogen and oxygen atoms in total. The molecule has 2 heteroatoms. The van der Waals surface area contributed by atoms with E-state index >= 15 is 0 Å². The summed E-state index contributed by atoms with van der Waals surface area (Å²) >= 11 is 0. The standard InChI is InChI=1S/C5H7NO/c1-4-3-7-5(1)2-6-4/h2,4-5H,1,3H2. The third kappa shape index (κ3) is 0.399. The van der Waals surface area contributed by atoms with Gasteiger partial charge < -0.3 is 4.74 Å². The van der Waals surface area contributed by atoms with Crippen molar-refractivity contribution >= 4 is 6.21 Å². The molecule has 2 atom stereocenters. The summed E-state index contributed by atoms with van der Waals surface area (Å²) in [5, 5.41) is 0.